The van der Waals surface area contributed by atoms with E-state index in [1.54, 1.807) is 59.5 Å². The Morgan fingerprint density at radius 3 is 2.62 bits per heavy atom. The van der Waals surface area contributed by atoms with Crippen molar-refractivity contribution in [3.05, 3.63) is 93.1 Å². The normalized spacial score (nSPS) is 15.5. The number of tetrazole rings is 1. The molecule has 5 rings (SSSR count). The second kappa shape index (κ2) is 15.9. The van der Waals surface area contributed by atoms with E-state index in [1.165, 1.54) is 24.2 Å². The number of hydrogen-bond acceptors (Lipinski definition) is 10. The van der Waals surface area contributed by atoms with Gasteiger partial charge in [-0.2, -0.15) is 9.78 Å². The van der Waals surface area contributed by atoms with E-state index in [2.05, 4.69) is 31.0 Å². The Morgan fingerprint density at radius 2 is 1.92 bits per heavy atom. The van der Waals surface area contributed by atoms with E-state index in [-0.39, 0.29) is 24.4 Å². The van der Waals surface area contributed by atoms with Crippen molar-refractivity contribution in [2.75, 3.05) is 20.2 Å². The molecular weight excluding hydrogens is 664 g/mol. The van der Waals surface area contributed by atoms with Crippen molar-refractivity contribution in [1.82, 2.24) is 40.6 Å². The first-order chi connectivity index (χ1) is 23.9. The van der Waals surface area contributed by atoms with Crippen molar-refractivity contribution < 1.29 is 23.9 Å². The summed E-state index contributed by atoms with van der Waals surface area (Å²) in [5.74, 6) is -0.789. The zero-order valence-electron chi connectivity index (χ0n) is 28.3. The fourth-order valence-corrected chi connectivity index (χ4v) is 5.90. The molecule has 0 spiro atoms. The average Bonchev–Trinajstić information content (AvgIpc) is 3.62. The van der Waals surface area contributed by atoms with E-state index >= 15 is 0 Å². The number of amides is 2. The van der Waals surface area contributed by atoms with E-state index in [4.69, 9.17) is 21.1 Å². The number of H-pyrrole nitrogens is 1. The van der Waals surface area contributed by atoms with Gasteiger partial charge in [0.2, 0.25) is 5.91 Å². The Bertz CT molecular complexity index is 1900. The van der Waals surface area contributed by atoms with E-state index < -0.39 is 23.1 Å². The number of halogens is 1. The summed E-state index contributed by atoms with van der Waals surface area (Å²) in [4.78, 5) is 52.8. The topological polar surface area (TPSA) is 174 Å². The highest BCUT2D eigenvalue weighted by molar-refractivity contribution is 6.30. The summed E-state index contributed by atoms with van der Waals surface area (Å²) >= 11 is 6.26. The number of methoxy groups -OCH3 is 1. The molecule has 2 amide bonds. The maximum Gasteiger partial charge on any atom is 0.410 e. The van der Waals surface area contributed by atoms with Gasteiger partial charge < -0.3 is 19.7 Å². The molecule has 0 radical (unpaired) electrons. The van der Waals surface area contributed by atoms with Crippen LogP contribution in [-0.2, 0) is 25.5 Å². The molecular formula is C35H39ClN8O6. The van der Waals surface area contributed by atoms with Crippen LogP contribution in [0, 0.1) is 5.92 Å². The molecule has 0 aliphatic carbocycles. The molecule has 1 fully saturated rings. The molecule has 262 valence electrons. The number of aromatic amines is 1. The lowest BCUT2D eigenvalue weighted by molar-refractivity contribution is -0.139. The van der Waals surface area contributed by atoms with Crippen molar-refractivity contribution in [3.8, 4) is 16.8 Å². The number of piperidine rings is 1. The number of carbonyl (C=O) groups excluding carboxylic acids is 3. The summed E-state index contributed by atoms with van der Waals surface area (Å²) in [6.45, 7) is 6.49. The molecule has 2 aromatic heterocycles. The summed E-state index contributed by atoms with van der Waals surface area (Å²) < 4.78 is 11.8. The van der Waals surface area contributed by atoms with E-state index in [0.29, 0.717) is 52.6 Å². The van der Waals surface area contributed by atoms with E-state index in [0.717, 1.165) is 18.4 Å². The van der Waals surface area contributed by atoms with Crippen LogP contribution < -0.4 is 10.9 Å². The first-order valence-corrected chi connectivity index (χ1v) is 16.5. The Morgan fingerprint density at radius 1 is 1.14 bits per heavy atom. The zero-order chi connectivity index (χ0) is 35.8. The molecule has 0 bridgehead atoms. The number of likely N-dealkylation sites (tertiary alicyclic amines) is 1. The second-order valence-electron chi connectivity index (χ2n) is 13.0. The fraction of sp³-hybridized carbons (Fsp3) is 0.371. The van der Waals surface area contributed by atoms with Gasteiger partial charge in [0.05, 0.1) is 36.5 Å². The number of aromatic nitrogens is 6. The van der Waals surface area contributed by atoms with Crippen molar-refractivity contribution in [2.24, 2.45) is 5.92 Å². The van der Waals surface area contributed by atoms with Crippen LogP contribution in [0.2, 0.25) is 5.02 Å². The minimum absolute atomic E-state index is 0.000297. The number of nitrogens with zero attached hydrogens (tertiary/aromatic N) is 6. The number of carbonyl (C=O) groups is 3. The largest absolute Gasteiger partial charge is 0.469 e. The molecule has 0 saturated carbocycles. The number of hydrogen-bond donors (Lipinski definition) is 2. The molecule has 14 nitrogen and oxygen atoms in total. The summed E-state index contributed by atoms with van der Waals surface area (Å²) in [5, 5.41) is 21.8. The van der Waals surface area contributed by atoms with Gasteiger partial charge in [-0.3, -0.25) is 14.4 Å². The van der Waals surface area contributed by atoms with Crippen LogP contribution >= 0.6 is 11.6 Å². The zero-order valence-corrected chi connectivity index (χ0v) is 29.0. The van der Waals surface area contributed by atoms with Crippen molar-refractivity contribution >= 4 is 35.6 Å². The predicted molar refractivity (Wildman–Crippen MR) is 185 cm³/mol. The molecule has 1 aliphatic heterocycles. The van der Waals surface area contributed by atoms with Crippen LogP contribution in [0.15, 0.2) is 65.7 Å². The molecule has 2 atom stereocenters. The predicted octanol–water partition coefficient (Wildman–Crippen LogP) is 4.69. The Hall–Kier alpha value is -5.37. The molecule has 2 N–H and O–H groups in total. The standard InChI is InChI=1S/C35H39ClN8O6/c1-35(2,3)50-34(48)43-15-5-6-23(20-43)16-28(38-31(45)14-11-25-18-26(36)12-13-30(25)44-21-37-41-42-44)29-19-27(33(47)40-39-29)24-9-7-22(8-10-24)17-32(46)49-4/h7-14,18-19,21,23,28H,5-6,15-17,20H2,1-4H3,(H,38,45)(H,40,47)/b14-11+/t23?,28-/m0/s1. The molecule has 15 heteroatoms. The lowest BCUT2D eigenvalue weighted by Crippen LogP contribution is -2.43. The Balaban J connectivity index is 1.42. The Kier molecular flexibility index (Phi) is 11.4. The summed E-state index contributed by atoms with van der Waals surface area (Å²) in [7, 11) is 1.33. The highest BCUT2D eigenvalue weighted by Crippen LogP contribution is 2.29. The molecule has 1 unspecified atom stereocenters. The third-order valence-electron chi connectivity index (χ3n) is 8.08. The number of rotatable bonds is 10. The number of esters is 1. The quantitative estimate of drug-likeness (QED) is 0.174. The fourth-order valence-electron chi connectivity index (χ4n) is 5.72. The molecule has 1 aliphatic rings. The van der Waals surface area contributed by atoms with Crippen LogP contribution in [0.25, 0.3) is 22.9 Å². The van der Waals surface area contributed by atoms with Crippen LogP contribution in [0.1, 0.15) is 62.9 Å². The molecule has 1 saturated heterocycles. The van der Waals surface area contributed by atoms with Crippen LogP contribution in [0.3, 0.4) is 0 Å². The third kappa shape index (κ3) is 9.62. The van der Waals surface area contributed by atoms with Crippen molar-refractivity contribution in [1.29, 1.82) is 0 Å². The smallest absolute Gasteiger partial charge is 0.410 e. The van der Waals surface area contributed by atoms with Gasteiger partial charge in [0.1, 0.15) is 11.9 Å². The van der Waals surface area contributed by atoms with E-state index in [1.807, 2.05) is 20.8 Å². The molecule has 3 heterocycles. The van der Waals surface area contributed by atoms with Crippen LogP contribution in [0.5, 0.6) is 0 Å². The summed E-state index contributed by atoms with van der Waals surface area (Å²) in [6.07, 6.45) is 6.17. The summed E-state index contributed by atoms with van der Waals surface area (Å²) in [6, 6.07) is 13.2. The van der Waals surface area contributed by atoms with Gasteiger partial charge >= 0.3 is 12.1 Å². The van der Waals surface area contributed by atoms with Crippen LogP contribution in [0.4, 0.5) is 4.79 Å². The van der Waals surface area contributed by atoms with Gasteiger partial charge in [-0.1, -0.05) is 35.9 Å². The number of nitrogens with one attached hydrogen (secondary N) is 2. The highest BCUT2D eigenvalue weighted by atomic mass is 35.5. The average molecular weight is 703 g/mol. The van der Waals surface area contributed by atoms with Gasteiger partial charge in [-0.25, -0.2) is 9.89 Å². The van der Waals surface area contributed by atoms with Gasteiger partial charge in [0.15, 0.2) is 0 Å². The first kappa shape index (κ1) is 35.9. The maximum absolute atomic E-state index is 13.5. The van der Waals surface area contributed by atoms with Crippen molar-refractivity contribution in [3.63, 3.8) is 0 Å². The Labute approximate surface area is 293 Å². The second-order valence-corrected chi connectivity index (χ2v) is 13.4. The van der Waals surface area contributed by atoms with Gasteiger partial charge in [0, 0.05) is 29.8 Å². The number of ether oxygens (including phenoxy) is 2. The lowest BCUT2D eigenvalue weighted by atomic mass is 9.89. The summed E-state index contributed by atoms with van der Waals surface area (Å²) in [5.41, 5.74) is 2.31. The number of benzene rings is 2. The minimum atomic E-state index is -0.636. The maximum atomic E-state index is 13.5. The van der Waals surface area contributed by atoms with Crippen LogP contribution in [-0.4, -0.2) is 79.1 Å². The van der Waals surface area contributed by atoms with Gasteiger partial charge in [-0.05, 0) is 97.8 Å². The van der Waals surface area contributed by atoms with Gasteiger partial charge in [-0.15, -0.1) is 5.10 Å². The van der Waals surface area contributed by atoms with Crippen molar-refractivity contribution in [2.45, 2.75) is 58.1 Å². The van der Waals surface area contributed by atoms with E-state index in [9.17, 15) is 19.2 Å². The monoisotopic (exact) mass is 702 g/mol. The third-order valence-corrected chi connectivity index (χ3v) is 8.31. The first-order valence-electron chi connectivity index (χ1n) is 16.1. The SMILES string of the molecule is COC(=O)Cc1ccc(-c2cc([C@H](CC3CCCN(C(=O)OC(C)(C)C)C3)NC(=O)/C=C/c3cc(Cl)ccc3-n3cnnn3)n[nH]c2=O)cc1. The van der Waals surface area contributed by atoms with Gasteiger partial charge in [0.25, 0.3) is 5.56 Å². The highest BCUT2D eigenvalue weighted by Gasteiger charge is 2.30. The minimum Gasteiger partial charge on any atom is -0.469 e. The lowest BCUT2D eigenvalue weighted by Gasteiger charge is -2.35. The molecule has 4 aromatic rings. The molecule has 2 aromatic carbocycles. The molecule has 50 heavy (non-hydrogen) atoms.